The molecule has 0 aromatic heterocycles. The molecule has 5 nitrogen and oxygen atoms in total. The molecule has 0 aliphatic carbocycles. The smallest absolute Gasteiger partial charge is 0.404 e. The third-order valence-corrected chi connectivity index (χ3v) is 0.750. The first-order valence-corrected chi connectivity index (χ1v) is 2.50. The number of rotatable bonds is 3. The van der Waals surface area contributed by atoms with E-state index < -0.39 is 12.1 Å². The van der Waals surface area contributed by atoms with Gasteiger partial charge in [-0.05, 0) is 0 Å². The Morgan fingerprint density at radius 1 is 1.78 bits per heavy atom. The van der Waals surface area contributed by atoms with Gasteiger partial charge in [0.05, 0.1) is 6.61 Å². The van der Waals surface area contributed by atoms with E-state index in [-0.39, 0.29) is 13.2 Å². The van der Waals surface area contributed by atoms with Gasteiger partial charge in [0.15, 0.2) is 0 Å². The van der Waals surface area contributed by atoms with E-state index in [9.17, 15) is 4.79 Å². The second kappa shape index (κ2) is 4.11. The molecule has 0 saturated carbocycles. The van der Waals surface area contributed by atoms with Crippen molar-refractivity contribution in [3.05, 3.63) is 0 Å². The fourth-order valence-corrected chi connectivity index (χ4v) is 0.283. The summed E-state index contributed by atoms with van der Waals surface area (Å²) in [4.78, 5) is 9.77. The van der Waals surface area contributed by atoms with Gasteiger partial charge < -0.3 is 21.3 Å². The molecule has 0 aliphatic heterocycles. The normalized spacial score (nSPS) is 12.7. The summed E-state index contributed by atoms with van der Waals surface area (Å²) in [6, 6.07) is -0.499. The first kappa shape index (κ1) is 8.19. The van der Waals surface area contributed by atoms with Gasteiger partial charge in [-0.2, -0.15) is 0 Å². The highest BCUT2D eigenvalue weighted by Crippen LogP contribution is 1.70. The van der Waals surface area contributed by atoms with Crippen LogP contribution in [0.15, 0.2) is 0 Å². The number of hydrogen-bond acceptors (Lipinski definition) is 3. The molecule has 0 heterocycles. The molecule has 0 aromatic rings. The van der Waals surface area contributed by atoms with Crippen molar-refractivity contribution >= 4 is 6.09 Å². The highest BCUT2D eigenvalue weighted by Gasteiger charge is 2.00. The minimum Gasteiger partial charge on any atom is -0.465 e. The average Bonchev–Trinajstić information content (AvgIpc) is 1.83. The second-order valence-corrected chi connectivity index (χ2v) is 1.63. The molecule has 0 rings (SSSR count). The van der Waals surface area contributed by atoms with E-state index in [1.807, 2.05) is 5.32 Å². The predicted octanol–water partition coefficient (Wildman–Crippen LogP) is -1.43. The van der Waals surface area contributed by atoms with E-state index in [1.165, 1.54) is 0 Å². The zero-order chi connectivity index (χ0) is 7.28. The maximum atomic E-state index is 9.77. The molecule has 0 aliphatic rings. The van der Waals surface area contributed by atoms with Crippen LogP contribution in [0.5, 0.6) is 0 Å². The van der Waals surface area contributed by atoms with Crippen LogP contribution < -0.4 is 11.1 Å². The van der Waals surface area contributed by atoms with Crippen LogP contribution >= 0.6 is 0 Å². The van der Waals surface area contributed by atoms with Gasteiger partial charge in [-0.3, -0.25) is 0 Å². The first-order valence-electron chi connectivity index (χ1n) is 2.50. The second-order valence-electron chi connectivity index (χ2n) is 1.63. The lowest BCUT2D eigenvalue weighted by atomic mass is 10.3. The number of carboxylic acid groups (broad SMARTS) is 1. The molecule has 0 spiro atoms. The van der Waals surface area contributed by atoms with E-state index in [4.69, 9.17) is 15.9 Å². The van der Waals surface area contributed by atoms with Crippen LogP contribution in [0.2, 0.25) is 0 Å². The summed E-state index contributed by atoms with van der Waals surface area (Å²) in [6.07, 6.45) is -1.13. The SMILES string of the molecule is N[C@H](CO)CNC(=O)O. The summed E-state index contributed by atoms with van der Waals surface area (Å²) in [5.41, 5.74) is 5.15. The monoisotopic (exact) mass is 134 g/mol. The minimum absolute atomic E-state index is 0.0891. The van der Waals surface area contributed by atoms with Crippen molar-refractivity contribution in [2.75, 3.05) is 13.2 Å². The Kier molecular flexibility index (Phi) is 3.74. The standard InChI is InChI=1S/C4H10N2O3/c5-3(2-7)1-6-4(8)9/h3,6-7H,1-2,5H2,(H,8,9)/t3-/m0/s1. The molecule has 9 heavy (non-hydrogen) atoms. The van der Waals surface area contributed by atoms with Gasteiger partial charge in [-0.15, -0.1) is 0 Å². The Morgan fingerprint density at radius 2 is 2.33 bits per heavy atom. The van der Waals surface area contributed by atoms with Gasteiger partial charge in [0.2, 0.25) is 0 Å². The summed E-state index contributed by atoms with van der Waals surface area (Å²) in [7, 11) is 0. The molecule has 0 fully saturated rings. The van der Waals surface area contributed by atoms with Crippen LogP contribution in [0.4, 0.5) is 4.79 Å². The molecule has 0 radical (unpaired) electrons. The van der Waals surface area contributed by atoms with Crippen LogP contribution in [0.25, 0.3) is 0 Å². The first-order chi connectivity index (χ1) is 4.16. The van der Waals surface area contributed by atoms with E-state index in [2.05, 4.69) is 0 Å². The summed E-state index contributed by atoms with van der Waals surface area (Å²) in [6.45, 7) is -0.119. The lowest BCUT2D eigenvalue weighted by Gasteiger charge is -2.05. The molecule has 1 atom stereocenters. The lowest BCUT2D eigenvalue weighted by Crippen LogP contribution is -2.38. The fraction of sp³-hybridized carbons (Fsp3) is 0.750. The van der Waals surface area contributed by atoms with Crippen molar-refractivity contribution in [2.45, 2.75) is 6.04 Å². The highest BCUT2D eigenvalue weighted by molar-refractivity contribution is 5.64. The lowest BCUT2D eigenvalue weighted by molar-refractivity contribution is 0.191. The molecule has 5 heteroatoms. The maximum Gasteiger partial charge on any atom is 0.404 e. The Labute approximate surface area is 52.5 Å². The highest BCUT2D eigenvalue weighted by atomic mass is 16.4. The van der Waals surface area contributed by atoms with E-state index >= 15 is 0 Å². The van der Waals surface area contributed by atoms with E-state index in [0.29, 0.717) is 0 Å². The molecular formula is C4H10N2O3. The molecule has 0 unspecified atom stereocenters. The topological polar surface area (TPSA) is 95.6 Å². The zero-order valence-electron chi connectivity index (χ0n) is 4.87. The van der Waals surface area contributed by atoms with Crippen molar-refractivity contribution in [2.24, 2.45) is 5.73 Å². The van der Waals surface area contributed by atoms with Gasteiger partial charge in [0.1, 0.15) is 0 Å². The van der Waals surface area contributed by atoms with E-state index in [1.54, 1.807) is 0 Å². The van der Waals surface area contributed by atoms with Gasteiger partial charge in [-0.1, -0.05) is 0 Å². The summed E-state index contributed by atoms with van der Waals surface area (Å²) >= 11 is 0. The Balaban J connectivity index is 3.16. The number of amides is 1. The Hall–Kier alpha value is -0.810. The third-order valence-electron chi connectivity index (χ3n) is 0.750. The summed E-state index contributed by atoms with van der Waals surface area (Å²) < 4.78 is 0. The predicted molar refractivity (Wildman–Crippen MR) is 31.1 cm³/mol. The van der Waals surface area contributed by atoms with Crippen LogP contribution in [-0.2, 0) is 0 Å². The molecular weight excluding hydrogens is 124 g/mol. The molecule has 0 bridgehead atoms. The largest absolute Gasteiger partial charge is 0.465 e. The van der Waals surface area contributed by atoms with Crippen molar-refractivity contribution in [1.29, 1.82) is 0 Å². The quantitative estimate of drug-likeness (QED) is 0.380. The van der Waals surface area contributed by atoms with Gasteiger partial charge in [-0.25, -0.2) is 4.79 Å². The van der Waals surface area contributed by atoms with Crippen molar-refractivity contribution in [1.82, 2.24) is 5.32 Å². The van der Waals surface area contributed by atoms with E-state index in [0.717, 1.165) is 0 Å². The summed E-state index contributed by atoms with van der Waals surface area (Å²) in [5, 5.41) is 18.3. The number of carbonyl (C=O) groups is 1. The molecule has 5 N–H and O–H groups in total. The fourth-order valence-electron chi connectivity index (χ4n) is 0.283. The van der Waals surface area contributed by atoms with Crippen LogP contribution in [0, 0.1) is 0 Å². The number of nitrogens with two attached hydrogens (primary N) is 1. The molecule has 0 saturated heterocycles. The van der Waals surface area contributed by atoms with Gasteiger partial charge in [0.25, 0.3) is 0 Å². The van der Waals surface area contributed by atoms with Crippen molar-refractivity contribution in [3.8, 4) is 0 Å². The van der Waals surface area contributed by atoms with Gasteiger partial charge >= 0.3 is 6.09 Å². The van der Waals surface area contributed by atoms with Crippen molar-refractivity contribution in [3.63, 3.8) is 0 Å². The molecule has 0 aromatic carbocycles. The number of aliphatic hydroxyl groups excluding tert-OH is 1. The third kappa shape index (κ3) is 5.05. The zero-order valence-corrected chi connectivity index (χ0v) is 4.87. The van der Waals surface area contributed by atoms with Crippen molar-refractivity contribution < 1.29 is 15.0 Å². The Bertz CT molecular complexity index is 95.8. The van der Waals surface area contributed by atoms with Crippen LogP contribution in [0.3, 0.4) is 0 Å². The number of aliphatic hydroxyl groups is 1. The number of hydrogen-bond donors (Lipinski definition) is 4. The minimum atomic E-state index is -1.13. The maximum absolute atomic E-state index is 9.77. The van der Waals surface area contributed by atoms with Crippen LogP contribution in [-0.4, -0.2) is 35.5 Å². The molecule has 1 amide bonds. The van der Waals surface area contributed by atoms with Crippen LogP contribution in [0.1, 0.15) is 0 Å². The summed E-state index contributed by atoms with van der Waals surface area (Å²) in [5.74, 6) is 0. The average molecular weight is 134 g/mol. The molecule has 54 valence electrons. The Morgan fingerprint density at radius 3 is 2.67 bits per heavy atom. The van der Waals surface area contributed by atoms with Gasteiger partial charge in [0, 0.05) is 12.6 Å². The number of nitrogens with one attached hydrogen (secondary N) is 1.